The van der Waals surface area contributed by atoms with Gasteiger partial charge < -0.3 is 10.0 Å². The molecule has 1 fully saturated rings. The predicted molar refractivity (Wildman–Crippen MR) is 67.8 cm³/mol. The highest BCUT2D eigenvalue weighted by Gasteiger charge is 2.52. The third-order valence-corrected chi connectivity index (χ3v) is 4.17. The lowest BCUT2D eigenvalue weighted by molar-refractivity contribution is -0.150. The molecule has 0 aromatic rings. The van der Waals surface area contributed by atoms with Crippen LogP contribution in [-0.2, 0) is 9.59 Å². The number of carbonyl (C=O) groups excluding carboxylic acids is 1. The van der Waals surface area contributed by atoms with Crippen molar-refractivity contribution in [2.45, 2.75) is 13.3 Å². The molecular weight excluding hydrogens is 244 g/mol. The molecule has 0 radical (unpaired) electrons. The molecule has 0 heterocycles. The highest BCUT2D eigenvalue weighted by atomic mass is 16.4. The number of nitrogens with zero attached hydrogens (tertiary/aromatic N) is 2. The van der Waals surface area contributed by atoms with Crippen LogP contribution in [0.2, 0.25) is 0 Å². The summed E-state index contributed by atoms with van der Waals surface area (Å²) in [7, 11) is 1.64. The van der Waals surface area contributed by atoms with Gasteiger partial charge in [0, 0.05) is 13.6 Å². The lowest BCUT2D eigenvalue weighted by atomic mass is 9.82. The molecule has 0 saturated heterocycles. The molecule has 0 aromatic carbocycles. The second-order valence-electron chi connectivity index (χ2n) is 5.59. The predicted octanol–water partition coefficient (Wildman–Crippen LogP) is 1.13. The Morgan fingerprint density at radius 1 is 1.42 bits per heavy atom. The van der Waals surface area contributed by atoms with E-state index in [0.29, 0.717) is 6.54 Å². The quantitative estimate of drug-likeness (QED) is 0.770. The Labute approximate surface area is 112 Å². The molecule has 5 unspecified atom stereocenters. The summed E-state index contributed by atoms with van der Waals surface area (Å²) in [5, 5.41) is 18.1. The first-order chi connectivity index (χ1) is 8.95. The van der Waals surface area contributed by atoms with Crippen LogP contribution in [0.5, 0.6) is 0 Å². The van der Waals surface area contributed by atoms with E-state index in [2.05, 4.69) is 6.07 Å². The Morgan fingerprint density at radius 2 is 2.00 bits per heavy atom. The van der Waals surface area contributed by atoms with Crippen molar-refractivity contribution in [1.29, 1.82) is 5.26 Å². The normalized spacial score (nSPS) is 32.9. The fraction of sp³-hybridized carbons (Fsp3) is 0.643. The van der Waals surface area contributed by atoms with Gasteiger partial charge in [-0.25, -0.2) is 0 Å². The molecule has 0 spiro atoms. The highest BCUT2D eigenvalue weighted by Crippen LogP contribution is 2.48. The summed E-state index contributed by atoms with van der Waals surface area (Å²) in [6, 6.07) is 2.09. The molecule has 1 saturated carbocycles. The van der Waals surface area contributed by atoms with Crippen molar-refractivity contribution >= 4 is 11.9 Å². The van der Waals surface area contributed by atoms with Crippen molar-refractivity contribution in [3.8, 4) is 6.07 Å². The largest absolute Gasteiger partial charge is 0.481 e. The minimum absolute atomic E-state index is 0.0155. The first-order valence-electron chi connectivity index (χ1n) is 6.51. The number of allylic oxidation sites excluding steroid dienone is 2. The van der Waals surface area contributed by atoms with Crippen LogP contribution in [-0.4, -0.2) is 35.5 Å². The summed E-state index contributed by atoms with van der Waals surface area (Å²) in [6.45, 7) is 2.10. The van der Waals surface area contributed by atoms with Crippen LogP contribution >= 0.6 is 0 Å². The third kappa shape index (κ3) is 2.35. The van der Waals surface area contributed by atoms with Crippen molar-refractivity contribution in [2.75, 3.05) is 13.6 Å². The molecule has 5 heteroatoms. The van der Waals surface area contributed by atoms with E-state index in [1.165, 1.54) is 4.90 Å². The van der Waals surface area contributed by atoms with Crippen molar-refractivity contribution in [1.82, 2.24) is 4.90 Å². The summed E-state index contributed by atoms with van der Waals surface area (Å²) in [4.78, 5) is 25.3. The van der Waals surface area contributed by atoms with Crippen LogP contribution in [0, 0.1) is 40.9 Å². The van der Waals surface area contributed by atoms with Gasteiger partial charge in [-0.2, -0.15) is 5.26 Å². The lowest BCUT2D eigenvalue weighted by Gasteiger charge is -2.29. The average molecular weight is 262 g/mol. The van der Waals surface area contributed by atoms with E-state index in [1.54, 1.807) is 14.0 Å². The second kappa shape index (κ2) is 5.04. The molecule has 102 valence electrons. The summed E-state index contributed by atoms with van der Waals surface area (Å²) in [5.74, 6) is -2.34. The summed E-state index contributed by atoms with van der Waals surface area (Å²) >= 11 is 0. The van der Waals surface area contributed by atoms with E-state index in [-0.39, 0.29) is 23.7 Å². The Morgan fingerprint density at radius 3 is 2.53 bits per heavy atom. The number of hydrogen-bond acceptors (Lipinski definition) is 3. The Hall–Kier alpha value is -1.83. The summed E-state index contributed by atoms with van der Waals surface area (Å²) in [5.41, 5.74) is 0. The Balaban J connectivity index is 2.12. The van der Waals surface area contributed by atoms with Crippen molar-refractivity contribution in [2.24, 2.45) is 29.6 Å². The van der Waals surface area contributed by atoms with Crippen molar-refractivity contribution < 1.29 is 14.7 Å². The minimum Gasteiger partial charge on any atom is -0.481 e. The topological polar surface area (TPSA) is 81.4 Å². The molecule has 2 aliphatic carbocycles. The Kier molecular flexibility index (Phi) is 3.61. The zero-order valence-corrected chi connectivity index (χ0v) is 11.1. The van der Waals surface area contributed by atoms with Gasteiger partial charge in [-0.1, -0.05) is 12.2 Å². The van der Waals surface area contributed by atoms with Gasteiger partial charge in [-0.15, -0.1) is 0 Å². The molecule has 2 aliphatic rings. The van der Waals surface area contributed by atoms with Crippen LogP contribution in [0.25, 0.3) is 0 Å². The van der Waals surface area contributed by atoms with Crippen LogP contribution in [0.3, 0.4) is 0 Å². The lowest BCUT2D eigenvalue weighted by Crippen LogP contribution is -2.42. The standard InChI is InChI=1S/C14H18N2O3/c1-8(6-15)7-16(2)13(17)11-9-3-4-10(5-9)12(11)14(18)19/h3-4,8-12H,5,7H2,1-2H3,(H,18,19). The molecule has 0 aromatic heterocycles. The van der Waals surface area contributed by atoms with Gasteiger partial charge in [0.25, 0.3) is 0 Å². The maximum Gasteiger partial charge on any atom is 0.307 e. The molecule has 1 amide bonds. The van der Waals surface area contributed by atoms with Crippen molar-refractivity contribution in [3.63, 3.8) is 0 Å². The van der Waals surface area contributed by atoms with E-state index in [4.69, 9.17) is 5.26 Å². The molecule has 2 bridgehead atoms. The number of amides is 1. The number of fused-ring (bicyclic) bond motifs is 2. The molecule has 19 heavy (non-hydrogen) atoms. The highest BCUT2D eigenvalue weighted by molar-refractivity contribution is 5.86. The van der Waals surface area contributed by atoms with Gasteiger partial charge in [0.05, 0.1) is 23.8 Å². The maximum absolute atomic E-state index is 12.4. The number of rotatable bonds is 4. The number of carbonyl (C=O) groups is 2. The fourth-order valence-electron chi connectivity index (χ4n) is 3.29. The zero-order valence-electron chi connectivity index (χ0n) is 11.1. The monoisotopic (exact) mass is 262 g/mol. The number of aliphatic carboxylic acids is 1. The average Bonchev–Trinajstić information content (AvgIpc) is 2.97. The smallest absolute Gasteiger partial charge is 0.307 e. The minimum atomic E-state index is -0.892. The number of carboxylic acid groups (broad SMARTS) is 1. The van der Waals surface area contributed by atoms with Crippen LogP contribution < -0.4 is 0 Å². The van der Waals surface area contributed by atoms with Gasteiger partial charge >= 0.3 is 5.97 Å². The van der Waals surface area contributed by atoms with Gasteiger partial charge in [0.15, 0.2) is 0 Å². The van der Waals surface area contributed by atoms with Gasteiger partial charge in [0.2, 0.25) is 5.91 Å². The van der Waals surface area contributed by atoms with Crippen LogP contribution in [0.4, 0.5) is 0 Å². The molecule has 1 N–H and O–H groups in total. The number of nitriles is 1. The van der Waals surface area contributed by atoms with E-state index < -0.39 is 17.8 Å². The number of carboxylic acids is 1. The second-order valence-corrected chi connectivity index (χ2v) is 5.59. The van der Waals surface area contributed by atoms with E-state index in [9.17, 15) is 14.7 Å². The Bertz CT molecular complexity index is 466. The van der Waals surface area contributed by atoms with Crippen LogP contribution in [0.1, 0.15) is 13.3 Å². The summed E-state index contributed by atoms with van der Waals surface area (Å²) < 4.78 is 0. The summed E-state index contributed by atoms with van der Waals surface area (Å²) in [6.07, 6.45) is 4.65. The third-order valence-electron chi connectivity index (χ3n) is 4.17. The van der Waals surface area contributed by atoms with Crippen LogP contribution in [0.15, 0.2) is 12.2 Å². The van der Waals surface area contributed by atoms with E-state index in [0.717, 1.165) is 6.42 Å². The molecule has 0 aliphatic heterocycles. The van der Waals surface area contributed by atoms with E-state index in [1.807, 2.05) is 12.2 Å². The molecule has 2 rings (SSSR count). The van der Waals surface area contributed by atoms with Gasteiger partial charge in [-0.05, 0) is 25.2 Å². The SMILES string of the molecule is CC(C#N)CN(C)C(=O)C1C2C=CC(C2)C1C(=O)O. The van der Waals surface area contributed by atoms with Crippen molar-refractivity contribution in [3.05, 3.63) is 12.2 Å². The zero-order chi connectivity index (χ0) is 14.2. The number of hydrogen-bond donors (Lipinski definition) is 1. The molecule has 5 atom stereocenters. The molecule has 5 nitrogen and oxygen atoms in total. The fourth-order valence-corrected chi connectivity index (χ4v) is 3.29. The van der Waals surface area contributed by atoms with E-state index >= 15 is 0 Å². The first kappa shape index (κ1) is 13.6. The maximum atomic E-state index is 12.4. The van der Waals surface area contributed by atoms with Gasteiger partial charge in [0.1, 0.15) is 0 Å². The molecular formula is C14H18N2O3. The van der Waals surface area contributed by atoms with Gasteiger partial charge in [-0.3, -0.25) is 9.59 Å². The first-order valence-corrected chi connectivity index (χ1v) is 6.51.